The van der Waals surface area contributed by atoms with Crippen LogP contribution < -0.4 is 0 Å². The fourth-order valence-corrected chi connectivity index (χ4v) is 2.89. The SMILES string of the molecule is COC(C)(C)C(=O)N(C)C1CCC2(CC1)OCCO2. The molecule has 2 aliphatic rings. The van der Waals surface area contributed by atoms with E-state index in [0.29, 0.717) is 13.2 Å². The molecule has 5 nitrogen and oxygen atoms in total. The summed E-state index contributed by atoms with van der Waals surface area (Å²) in [4.78, 5) is 14.2. The maximum absolute atomic E-state index is 12.3. The van der Waals surface area contributed by atoms with Gasteiger partial charge in [-0.25, -0.2) is 0 Å². The van der Waals surface area contributed by atoms with Gasteiger partial charge < -0.3 is 19.1 Å². The van der Waals surface area contributed by atoms with E-state index < -0.39 is 5.60 Å². The molecule has 5 heteroatoms. The van der Waals surface area contributed by atoms with Crippen molar-refractivity contribution in [2.45, 2.75) is 57.0 Å². The van der Waals surface area contributed by atoms with Crippen LogP contribution in [-0.4, -0.2) is 55.6 Å². The molecule has 0 radical (unpaired) electrons. The third-order valence-electron chi connectivity index (χ3n) is 4.42. The number of methoxy groups -OCH3 is 1. The number of carbonyl (C=O) groups is 1. The van der Waals surface area contributed by atoms with E-state index in [2.05, 4.69) is 0 Å². The van der Waals surface area contributed by atoms with Crippen LogP contribution in [0.3, 0.4) is 0 Å². The normalized spacial score (nSPS) is 23.8. The maximum Gasteiger partial charge on any atom is 0.254 e. The molecule has 1 saturated carbocycles. The van der Waals surface area contributed by atoms with Crippen LogP contribution >= 0.6 is 0 Å². The molecule has 2 rings (SSSR count). The fraction of sp³-hybridized carbons (Fsp3) is 0.929. The van der Waals surface area contributed by atoms with Gasteiger partial charge >= 0.3 is 0 Å². The molecule has 1 amide bonds. The van der Waals surface area contributed by atoms with Crippen molar-refractivity contribution in [2.24, 2.45) is 0 Å². The minimum Gasteiger partial charge on any atom is -0.369 e. The average molecular weight is 271 g/mol. The van der Waals surface area contributed by atoms with Crippen LogP contribution in [0.5, 0.6) is 0 Å². The highest BCUT2D eigenvalue weighted by molar-refractivity contribution is 5.84. The van der Waals surface area contributed by atoms with Gasteiger partial charge in [-0.15, -0.1) is 0 Å². The Morgan fingerprint density at radius 2 is 1.79 bits per heavy atom. The van der Waals surface area contributed by atoms with Crippen molar-refractivity contribution in [1.29, 1.82) is 0 Å². The van der Waals surface area contributed by atoms with Gasteiger partial charge in [-0.2, -0.15) is 0 Å². The van der Waals surface area contributed by atoms with Gasteiger partial charge in [0.25, 0.3) is 5.91 Å². The second-order valence-corrected chi connectivity index (χ2v) is 5.97. The smallest absolute Gasteiger partial charge is 0.254 e. The van der Waals surface area contributed by atoms with Crippen molar-refractivity contribution in [3.05, 3.63) is 0 Å². The lowest BCUT2D eigenvalue weighted by Crippen LogP contribution is -2.51. The minimum absolute atomic E-state index is 0.0317. The second kappa shape index (κ2) is 5.38. The Morgan fingerprint density at radius 1 is 1.26 bits per heavy atom. The van der Waals surface area contributed by atoms with E-state index in [0.717, 1.165) is 25.7 Å². The predicted octanol–water partition coefficient (Wildman–Crippen LogP) is 1.56. The molecule has 0 aromatic rings. The lowest BCUT2D eigenvalue weighted by atomic mass is 9.88. The van der Waals surface area contributed by atoms with Gasteiger partial charge in [0.15, 0.2) is 5.79 Å². The molecule has 1 aliphatic carbocycles. The first-order valence-corrected chi connectivity index (χ1v) is 7.00. The van der Waals surface area contributed by atoms with Gasteiger partial charge in [0, 0.05) is 33.0 Å². The summed E-state index contributed by atoms with van der Waals surface area (Å²) < 4.78 is 16.7. The van der Waals surface area contributed by atoms with E-state index in [4.69, 9.17) is 14.2 Å². The highest BCUT2D eigenvalue weighted by Crippen LogP contribution is 2.37. The van der Waals surface area contributed by atoms with Crippen LogP contribution in [0.2, 0.25) is 0 Å². The molecular formula is C14H25NO4. The Balaban J connectivity index is 1.92. The Morgan fingerprint density at radius 3 is 2.26 bits per heavy atom. The molecule has 0 aromatic carbocycles. The lowest BCUT2D eigenvalue weighted by molar-refractivity contribution is -0.186. The van der Waals surface area contributed by atoms with Gasteiger partial charge in [0.05, 0.1) is 13.2 Å². The zero-order chi connectivity index (χ0) is 14.1. The van der Waals surface area contributed by atoms with E-state index in [1.165, 1.54) is 0 Å². The first-order chi connectivity index (χ1) is 8.90. The van der Waals surface area contributed by atoms with Crippen LogP contribution in [0.4, 0.5) is 0 Å². The predicted molar refractivity (Wildman–Crippen MR) is 70.7 cm³/mol. The summed E-state index contributed by atoms with van der Waals surface area (Å²) >= 11 is 0. The molecule has 0 aromatic heterocycles. The number of nitrogens with zero attached hydrogens (tertiary/aromatic N) is 1. The van der Waals surface area contributed by atoms with Crippen molar-refractivity contribution in [2.75, 3.05) is 27.4 Å². The Hall–Kier alpha value is -0.650. The van der Waals surface area contributed by atoms with Crippen molar-refractivity contribution in [1.82, 2.24) is 4.90 Å². The summed E-state index contributed by atoms with van der Waals surface area (Å²) in [6.45, 7) is 4.99. The zero-order valence-electron chi connectivity index (χ0n) is 12.4. The third-order valence-corrected chi connectivity index (χ3v) is 4.42. The summed E-state index contributed by atoms with van der Waals surface area (Å²) in [5, 5.41) is 0. The molecule has 1 heterocycles. The fourth-order valence-electron chi connectivity index (χ4n) is 2.89. The monoisotopic (exact) mass is 271 g/mol. The van der Waals surface area contributed by atoms with Crippen molar-refractivity contribution in [3.63, 3.8) is 0 Å². The van der Waals surface area contributed by atoms with Crippen molar-refractivity contribution >= 4 is 5.91 Å². The number of hydrogen-bond donors (Lipinski definition) is 0. The van der Waals surface area contributed by atoms with Crippen LogP contribution in [0.25, 0.3) is 0 Å². The van der Waals surface area contributed by atoms with E-state index in [1.807, 2.05) is 11.9 Å². The van der Waals surface area contributed by atoms with Crippen LogP contribution in [0, 0.1) is 0 Å². The lowest BCUT2D eigenvalue weighted by Gasteiger charge is -2.40. The molecule has 19 heavy (non-hydrogen) atoms. The largest absolute Gasteiger partial charge is 0.369 e. The third kappa shape index (κ3) is 2.93. The molecular weight excluding hydrogens is 246 g/mol. The van der Waals surface area contributed by atoms with Crippen LogP contribution in [0.15, 0.2) is 0 Å². The summed E-state index contributed by atoms with van der Waals surface area (Å²) in [6.07, 6.45) is 3.56. The molecule has 0 atom stereocenters. The van der Waals surface area contributed by atoms with Gasteiger partial charge in [0.1, 0.15) is 5.60 Å². The van der Waals surface area contributed by atoms with Gasteiger partial charge in [-0.1, -0.05) is 0 Å². The number of likely N-dealkylation sites (N-methyl/N-ethyl adjacent to an activating group) is 1. The summed E-state index contributed by atoms with van der Waals surface area (Å²) in [7, 11) is 3.43. The quantitative estimate of drug-likeness (QED) is 0.781. The standard InChI is InChI=1S/C14H25NO4/c1-13(2,17-4)12(16)15(3)11-5-7-14(8-6-11)18-9-10-19-14/h11H,5-10H2,1-4H3. The molecule has 1 spiro atoms. The summed E-state index contributed by atoms with van der Waals surface area (Å²) in [5.41, 5.74) is -0.760. The second-order valence-electron chi connectivity index (χ2n) is 5.97. The highest BCUT2D eigenvalue weighted by atomic mass is 16.7. The van der Waals surface area contributed by atoms with E-state index >= 15 is 0 Å². The number of ether oxygens (including phenoxy) is 3. The minimum atomic E-state index is -0.760. The zero-order valence-corrected chi connectivity index (χ0v) is 12.4. The molecule has 1 aliphatic heterocycles. The Kier molecular flexibility index (Phi) is 4.18. The molecule has 0 bridgehead atoms. The molecule has 110 valence electrons. The van der Waals surface area contributed by atoms with E-state index in [1.54, 1.807) is 21.0 Å². The number of amides is 1. The maximum atomic E-state index is 12.3. The molecule has 1 saturated heterocycles. The van der Waals surface area contributed by atoms with E-state index in [9.17, 15) is 4.79 Å². The summed E-state index contributed by atoms with van der Waals surface area (Å²) in [5.74, 6) is -0.332. The van der Waals surface area contributed by atoms with Crippen molar-refractivity contribution < 1.29 is 19.0 Å². The summed E-state index contributed by atoms with van der Waals surface area (Å²) in [6, 6.07) is 0.250. The van der Waals surface area contributed by atoms with Gasteiger partial charge in [-0.3, -0.25) is 4.79 Å². The Bertz CT molecular complexity index is 326. The van der Waals surface area contributed by atoms with Gasteiger partial charge in [0.2, 0.25) is 0 Å². The van der Waals surface area contributed by atoms with Gasteiger partial charge in [-0.05, 0) is 26.7 Å². The first-order valence-electron chi connectivity index (χ1n) is 7.00. The van der Waals surface area contributed by atoms with Crippen molar-refractivity contribution in [3.8, 4) is 0 Å². The molecule has 2 fully saturated rings. The average Bonchev–Trinajstić information content (AvgIpc) is 2.86. The number of hydrogen-bond acceptors (Lipinski definition) is 4. The number of rotatable bonds is 3. The topological polar surface area (TPSA) is 48.0 Å². The molecule has 0 N–H and O–H groups in total. The highest BCUT2D eigenvalue weighted by Gasteiger charge is 2.43. The first kappa shape index (κ1) is 14.8. The van der Waals surface area contributed by atoms with Crippen LogP contribution in [0.1, 0.15) is 39.5 Å². The Labute approximate surface area is 115 Å². The number of carbonyl (C=O) groups excluding carboxylic acids is 1. The van der Waals surface area contributed by atoms with Crippen LogP contribution in [-0.2, 0) is 19.0 Å². The molecule has 0 unspecified atom stereocenters. The van der Waals surface area contributed by atoms with E-state index in [-0.39, 0.29) is 17.7 Å².